The Morgan fingerprint density at radius 3 is 2.69 bits per heavy atom. The first-order chi connectivity index (χ1) is 17.0. The van der Waals surface area contributed by atoms with Gasteiger partial charge in [-0.3, -0.25) is 14.6 Å². The molecule has 2 aromatic heterocycles. The van der Waals surface area contributed by atoms with Gasteiger partial charge in [-0.1, -0.05) is 31.2 Å². The summed E-state index contributed by atoms with van der Waals surface area (Å²) in [6.45, 7) is 4.19. The summed E-state index contributed by atoms with van der Waals surface area (Å²) >= 11 is 0. The van der Waals surface area contributed by atoms with E-state index in [-0.39, 0.29) is 23.7 Å². The molecule has 1 aliphatic rings. The molecule has 1 aromatic carbocycles. The third-order valence-electron chi connectivity index (χ3n) is 5.85. The minimum absolute atomic E-state index is 0.178. The summed E-state index contributed by atoms with van der Waals surface area (Å²) in [5, 5.41) is 2.76. The fourth-order valence-corrected chi connectivity index (χ4v) is 4.16. The zero-order valence-electron chi connectivity index (χ0n) is 19.3. The molecule has 3 heterocycles. The van der Waals surface area contributed by atoms with Crippen molar-refractivity contribution in [2.45, 2.75) is 18.9 Å². The number of hydrogen-bond donors (Lipinski definition) is 2. The third-order valence-corrected chi connectivity index (χ3v) is 5.85. The second kappa shape index (κ2) is 10.1. The lowest BCUT2D eigenvalue weighted by atomic mass is 10.1. The van der Waals surface area contributed by atoms with Crippen molar-refractivity contribution in [3.63, 3.8) is 0 Å². The maximum absolute atomic E-state index is 12.6. The van der Waals surface area contributed by atoms with Crippen LogP contribution in [0.5, 0.6) is 0 Å². The minimum Gasteiger partial charge on any atom is -0.382 e. The largest absolute Gasteiger partial charge is 0.382 e. The van der Waals surface area contributed by atoms with Gasteiger partial charge in [0, 0.05) is 37.0 Å². The second-order valence-corrected chi connectivity index (χ2v) is 7.88. The zero-order valence-corrected chi connectivity index (χ0v) is 19.3. The Morgan fingerprint density at radius 2 is 2.06 bits per heavy atom. The fraction of sp³-hybridized carbons (Fsp3) is 0.192. The van der Waals surface area contributed by atoms with Crippen molar-refractivity contribution in [1.29, 1.82) is 0 Å². The standard InChI is InChI=1S/C26H25N7O2/c1-4-21(34)33-16-8-9-19(33)25-31-22(23(24(27)28-3)32(25)5-2)17-11-13-18(14-12-17)26(35)30-20-10-6-7-15-29-20/h2,4,6-7,10-15,19H,1,8-9,16H2,3H3,(H2,27,28)(H,29,30,35)/t19-/m0/s1. The molecule has 3 N–H and O–H groups in total. The number of pyridine rings is 1. The average Bonchev–Trinajstić information content (AvgIpc) is 3.53. The van der Waals surface area contributed by atoms with Crippen LogP contribution in [0.1, 0.15) is 40.8 Å². The van der Waals surface area contributed by atoms with Crippen LogP contribution in [0.4, 0.5) is 5.82 Å². The van der Waals surface area contributed by atoms with E-state index in [2.05, 4.69) is 27.9 Å². The highest BCUT2D eigenvalue weighted by molar-refractivity contribution is 6.05. The third kappa shape index (κ3) is 4.54. The molecule has 2 amide bonds. The number of imidazole rings is 1. The van der Waals surface area contributed by atoms with Gasteiger partial charge in [0.25, 0.3) is 5.91 Å². The molecule has 0 spiro atoms. The number of aromatic nitrogens is 3. The zero-order chi connectivity index (χ0) is 24.9. The molecule has 4 rings (SSSR count). The van der Waals surface area contributed by atoms with Gasteiger partial charge in [0.05, 0.1) is 6.04 Å². The molecule has 0 unspecified atom stereocenters. The summed E-state index contributed by atoms with van der Waals surface area (Å²) in [5.41, 5.74) is 8.38. The molecule has 1 aliphatic heterocycles. The molecular formula is C26H25N7O2. The minimum atomic E-state index is -0.308. The van der Waals surface area contributed by atoms with E-state index >= 15 is 0 Å². The van der Waals surface area contributed by atoms with E-state index in [1.165, 1.54) is 6.08 Å². The number of rotatable bonds is 6. The number of terminal acetylenes is 1. The van der Waals surface area contributed by atoms with Crippen LogP contribution in [-0.2, 0) is 4.79 Å². The number of benzene rings is 1. The first-order valence-electron chi connectivity index (χ1n) is 11.1. The fourth-order valence-electron chi connectivity index (χ4n) is 4.16. The number of carbonyl (C=O) groups excluding carboxylic acids is 2. The smallest absolute Gasteiger partial charge is 0.256 e. The molecule has 0 radical (unpaired) electrons. The Hall–Kier alpha value is -4.71. The molecule has 9 nitrogen and oxygen atoms in total. The van der Waals surface area contributed by atoms with Gasteiger partial charge in [-0.15, -0.1) is 0 Å². The van der Waals surface area contributed by atoms with Gasteiger partial charge in [-0.25, -0.2) is 14.5 Å². The van der Waals surface area contributed by atoms with Crippen molar-refractivity contribution in [1.82, 2.24) is 19.4 Å². The molecule has 0 saturated carbocycles. The summed E-state index contributed by atoms with van der Waals surface area (Å²) < 4.78 is 1.55. The van der Waals surface area contributed by atoms with Crippen LogP contribution in [0.3, 0.4) is 0 Å². The summed E-state index contributed by atoms with van der Waals surface area (Å²) in [7, 11) is 1.57. The van der Waals surface area contributed by atoms with Gasteiger partial charge in [0.1, 0.15) is 28.9 Å². The van der Waals surface area contributed by atoms with Gasteiger partial charge < -0.3 is 16.0 Å². The molecule has 0 aliphatic carbocycles. The lowest BCUT2D eigenvalue weighted by Gasteiger charge is -2.22. The van der Waals surface area contributed by atoms with E-state index in [1.54, 1.807) is 65.2 Å². The number of nitrogens with one attached hydrogen (secondary N) is 1. The van der Waals surface area contributed by atoms with Crippen LogP contribution >= 0.6 is 0 Å². The highest BCUT2D eigenvalue weighted by atomic mass is 16.2. The second-order valence-electron chi connectivity index (χ2n) is 7.88. The summed E-state index contributed by atoms with van der Waals surface area (Å²) in [4.78, 5) is 39.8. The van der Waals surface area contributed by atoms with E-state index in [1.807, 2.05) is 0 Å². The van der Waals surface area contributed by atoms with Crippen molar-refractivity contribution in [2.24, 2.45) is 10.7 Å². The number of carbonyl (C=O) groups is 2. The Bertz CT molecular complexity index is 1330. The van der Waals surface area contributed by atoms with E-state index in [0.29, 0.717) is 47.1 Å². The topological polar surface area (TPSA) is 118 Å². The number of amidine groups is 1. The highest BCUT2D eigenvalue weighted by Crippen LogP contribution is 2.35. The van der Waals surface area contributed by atoms with Gasteiger partial charge in [0.2, 0.25) is 5.91 Å². The number of likely N-dealkylation sites (tertiary alicyclic amines) is 1. The van der Waals surface area contributed by atoms with Gasteiger partial charge in [-0.2, -0.15) is 0 Å². The summed E-state index contributed by atoms with van der Waals surface area (Å²) in [6.07, 6.45) is 10.3. The quantitative estimate of drug-likeness (QED) is 0.250. The van der Waals surface area contributed by atoms with Gasteiger partial charge >= 0.3 is 0 Å². The van der Waals surface area contributed by atoms with Crippen LogP contribution in [-0.4, -0.2) is 50.7 Å². The molecular weight excluding hydrogens is 442 g/mol. The molecule has 35 heavy (non-hydrogen) atoms. The normalized spacial score (nSPS) is 15.5. The number of amides is 2. The molecule has 0 bridgehead atoms. The predicted molar refractivity (Wildman–Crippen MR) is 135 cm³/mol. The summed E-state index contributed by atoms with van der Waals surface area (Å²) in [5.74, 6) is 0.748. The lowest BCUT2D eigenvalue weighted by molar-refractivity contribution is -0.127. The van der Waals surface area contributed by atoms with Crippen LogP contribution in [0, 0.1) is 12.5 Å². The SMILES string of the molecule is C#Cn1c([C@@H]2CCCN2C(=O)C=C)nc(-c2ccc(C(=O)Nc3ccccn3)cc2)c1/C(N)=N\C. The van der Waals surface area contributed by atoms with Gasteiger partial charge in [-0.05, 0) is 43.2 Å². The number of aliphatic imine (C=N–C) groups is 1. The Morgan fingerprint density at radius 1 is 1.29 bits per heavy atom. The predicted octanol–water partition coefficient (Wildman–Crippen LogP) is 2.82. The average molecular weight is 468 g/mol. The number of nitrogens with zero attached hydrogens (tertiary/aromatic N) is 5. The van der Waals surface area contributed by atoms with E-state index in [0.717, 1.165) is 6.42 Å². The van der Waals surface area contributed by atoms with E-state index in [4.69, 9.17) is 17.1 Å². The molecule has 1 saturated heterocycles. The first kappa shape index (κ1) is 23.4. The van der Waals surface area contributed by atoms with Gasteiger partial charge in [0.15, 0.2) is 0 Å². The van der Waals surface area contributed by atoms with Crippen LogP contribution in [0.2, 0.25) is 0 Å². The number of hydrogen-bond acceptors (Lipinski definition) is 5. The Labute approximate surface area is 203 Å². The van der Waals surface area contributed by atoms with Crippen molar-refractivity contribution < 1.29 is 9.59 Å². The number of anilines is 1. The lowest BCUT2D eigenvalue weighted by Crippen LogP contribution is -2.30. The first-order valence-corrected chi connectivity index (χ1v) is 11.1. The Balaban J connectivity index is 1.73. The highest BCUT2D eigenvalue weighted by Gasteiger charge is 2.34. The van der Waals surface area contributed by atoms with Crippen molar-refractivity contribution >= 4 is 23.5 Å². The molecule has 3 aromatic rings. The monoisotopic (exact) mass is 467 g/mol. The molecule has 1 fully saturated rings. The van der Waals surface area contributed by atoms with Crippen LogP contribution in [0.25, 0.3) is 11.3 Å². The Kier molecular flexibility index (Phi) is 6.73. The van der Waals surface area contributed by atoms with Crippen molar-refractivity contribution in [2.75, 3.05) is 18.9 Å². The van der Waals surface area contributed by atoms with Crippen LogP contribution in [0.15, 0.2) is 66.3 Å². The van der Waals surface area contributed by atoms with E-state index in [9.17, 15) is 9.59 Å². The maximum Gasteiger partial charge on any atom is 0.256 e. The summed E-state index contributed by atoms with van der Waals surface area (Å²) in [6, 6.07) is 14.5. The van der Waals surface area contributed by atoms with Crippen molar-refractivity contribution in [3.05, 3.63) is 78.4 Å². The number of nitrogens with two attached hydrogens (primary N) is 1. The van der Waals surface area contributed by atoms with Crippen LogP contribution < -0.4 is 11.1 Å². The molecule has 1 atom stereocenters. The van der Waals surface area contributed by atoms with Crippen molar-refractivity contribution in [3.8, 4) is 23.7 Å². The van der Waals surface area contributed by atoms with E-state index < -0.39 is 0 Å². The molecule has 9 heteroatoms. The molecule has 176 valence electrons. The maximum atomic E-state index is 12.6.